The van der Waals surface area contributed by atoms with E-state index >= 15 is 0 Å². The predicted octanol–water partition coefficient (Wildman–Crippen LogP) is 5.02. The van der Waals surface area contributed by atoms with Gasteiger partial charge in [0.1, 0.15) is 0 Å². The normalized spacial score (nSPS) is 17.7. The second-order valence-corrected chi connectivity index (χ2v) is 6.68. The second kappa shape index (κ2) is 6.02. The minimum absolute atomic E-state index is 0.244. The van der Waals surface area contributed by atoms with Crippen LogP contribution in [0, 0.1) is 0 Å². The second-order valence-electron chi connectivity index (χ2n) is 6.27. The van der Waals surface area contributed by atoms with Gasteiger partial charge in [0.05, 0.1) is 10.6 Å². The summed E-state index contributed by atoms with van der Waals surface area (Å²) in [6.07, 6.45) is 5.27. The van der Waals surface area contributed by atoms with E-state index in [1.54, 1.807) is 24.3 Å². The number of rotatable bonds is 2. The number of halogens is 1. The number of benzene rings is 2. The Labute approximate surface area is 145 Å². The number of carbonyl (C=O) groups is 1. The monoisotopic (exact) mass is 343 g/mol. The highest BCUT2D eigenvalue weighted by molar-refractivity contribution is 6.34. The van der Waals surface area contributed by atoms with Gasteiger partial charge >= 0.3 is 0 Å². The molecule has 4 rings (SSSR count). The number of hydrogen-bond acceptors (Lipinski definition) is 3. The molecule has 0 bridgehead atoms. The summed E-state index contributed by atoms with van der Waals surface area (Å²) in [5, 5.41) is 3.29. The highest BCUT2D eigenvalue weighted by atomic mass is 35.5. The summed E-state index contributed by atoms with van der Waals surface area (Å²) in [4.78, 5) is 12.4. The van der Waals surface area contributed by atoms with Gasteiger partial charge in [-0.1, -0.05) is 30.2 Å². The lowest BCUT2D eigenvalue weighted by molar-refractivity contribution is -0.105. The molecule has 1 saturated carbocycles. The van der Waals surface area contributed by atoms with E-state index in [9.17, 15) is 4.79 Å². The fraction of sp³-hybridized carbons (Fsp3) is 0.316. The topological polar surface area (TPSA) is 47.6 Å². The van der Waals surface area contributed by atoms with Crippen molar-refractivity contribution in [2.75, 3.05) is 5.32 Å². The first kappa shape index (κ1) is 15.3. The van der Waals surface area contributed by atoms with Crippen LogP contribution in [0.3, 0.4) is 0 Å². The molecule has 1 amide bonds. The maximum absolute atomic E-state index is 12.4. The molecule has 0 atom stereocenters. The number of fused-ring (bicyclic) bond motifs is 1. The zero-order chi connectivity index (χ0) is 16.6. The third-order valence-electron chi connectivity index (χ3n) is 4.53. The molecule has 2 aliphatic rings. The maximum Gasteiger partial charge on any atom is 0.257 e. The van der Waals surface area contributed by atoms with Crippen molar-refractivity contribution in [1.82, 2.24) is 0 Å². The number of nitrogens with one attached hydrogen (secondary N) is 1. The summed E-state index contributed by atoms with van der Waals surface area (Å²) in [7, 11) is 0. The Hall–Kier alpha value is -2.20. The fourth-order valence-corrected chi connectivity index (χ4v) is 3.53. The molecule has 1 heterocycles. The van der Waals surface area contributed by atoms with Crippen molar-refractivity contribution >= 4 is 23.2 Å². The van der Waals surface area contributed by atoms with Crippen LogP contribution in [0.4, 0.5) is 5.69 Å². The van der Waals surface area contributed by atoms with Crippen LogP contribution in [-0.2, 0) is 0 Å². The predicted molar refractivity (Wildman–Crippen MR) is 92.9 cm³/mol. The summed E-state index contributed by atoms with van der Waals surface area (Å²) in [6.45, 7) is 0. The summed E-state index contributed by atoms with van der Waals surface area (Å²) in [5.74, 6) is 0.680. The van der Waals surface area contributed by atoms with Crippen LogP contribution in [0.25, 0.3) is 0 Å². The summed E-state index contributed by atoms with van der Waals surface area (Å²) < 4.78 is 12.1. The molecule has 0 unspecified atom stereocenters. The first-order valence-electron chi connectivity index (χ1n) is 8.23. The molecule has 4 nitrogen and oxygen atoms in total. The Balaban J connectivity index is 1.52. The lowest BCUT2D eigenvalue weighted by Gasteiger charge is -2.31. The number of ether oxygens (including phenoxy) is 2. The van der Waals surface area contributed by atoms with Gasteiger partial charge < -0.3 is 14.8 Å². The molecule has 0 aromatic heterocycles. The van der Waals surface area contributed by atoms with Crippen molar-refractivity contribution in [2.45, 2.75) is 37.9 Å². The Morgan fingerprint density at radius 1 is 1.00 bits per heavy atom. The quantitative estimate of drug-likeness (QED) is 0.832. The van der Waals surface area contributed by atoms with Crippen molar-refractivity contribution < 1.29 is 14.3 Å². The minimum Gasteiger partial charge on any atom is -0.448 e. The van der Waals surface area contributed by atoms with Gasteiger partial charge in [-0.15, -0.1) is 0 Å². The van der Waals surface area contributed by atoms with Gasteiger partial charge in [0.2, 0.25) is 0 Å². The van der Waals surface area contributed by atoms with Crippen molar-refractivity contribution in [1.29, 1.82) is 0 Å². The van der Waals surface area contributed by atoms with E-state index in [4.69, 9.17) is 21.1 Å². The van der Waals surface area contributed by atoms with Gasteiger partial charge in [-0.3, -0.25) is 4.79 Å². The van der Waals surface area contributed by atoms with Crippen LogP contribution in [0.2, 0.25) is 5.02 Å². The van der Waals surface area contributed by atoms with E-state index < -0.39 is 5.79 Å². The molecule has 0 radical (unpaired) electrons. The molecule has 24 heavy (non-hydrogen) atoms. The molecule has 1 fully saturated rings. The SMILES string of the molecule is O=C(Nc1ccc2c(c1)OC1(CCCCC1)O2)c1ccccc1Cl. The van der Waals surface area contributed by atoms with Crippen molar-refractivity contribution in [3.8, 4) is 11.5 Å². The molecule has 2 aromatic rings. The Kier molecular flexibility index (Phi) is 3.85. The summed E-state index contributed by atoms with van der Waals surface area (Å²) in [5.41, 5.74) is 1.11. The highest BCUT2D eigenvalue weighted by Crippen LogP contribution is 2.46. The van der Waals surface area contributed by atoms with E-state index in [1.807, 2.05) is 18.2 Å². The molecule has 1 spiro atoms. The van der Waals surface area contributed by atoms with Crippen LogP contribution >= 0.6 is 11.6 Å². The van der Waals surface area contributed by atoms with Crippen LogP contribution in [0.15, 0.2) is 42.5 Å². The van der Waals surface area contributed by atoms with E-state index in [-0.39, 0.29) is 5.91 Å². The van der Waals surface area contributed by atoms with Crippen LogP contribution < -0.4 is 14.8 Å². The molecule has 1 aliphatic heterocycles. The van der Waals surface area contributed by atoms with Gasteiger partial charge in [-0.2, -0.15) is 0 Å². The van der Waals surface area contributed by atoms with Gasteiger partial charge in [0.15, 0.2) is 11.5 Å². The molecular weight excluding hydrogens is 326 g/mol. The molecule has 1 N–H and O–H groups in total. The molecule has 1 aliphatic carbocycles. The van der Waals surface area contributed by atoms with Gasteiger partial charge in [0, 0.05) is 24.6 Å². The van der Waals surface area contributed by atoms with Gasteiger partial charge in [0.25, 0.3) is 11.7 Å². The van der Waals surface area contributed by atoms with Crippen molar-refractivity contribution in [3.05, 3.63) is 53.1 Å². The molecule has 124 valence electrons. The van der Waals surface area contributed by atoms with Gasteiger partial charge in [-0.25, -0.2) is 0 Å². The lowest BCUT2D eigenvalue weighted by atomic mass is 9.94. The minimum atomic E-state index is -0.508. The maximum atomic E-state index is 12.4. The number of hydrogen-bond donors (Lipinski definition) is 1. The smallest absolute Gasteiger partial charge is 0.257 e. The largest absolute Gasteiger partial charge is 0.448 e. The first-order chi connectivity index (χ1) is 11.7. The van der Waals surface area contributed by atoms with Crippen LogP contribution in [-0.4, -0.2) is 11.7 Å². The Morgan fingerprint density at radius 3 is 2.54 bits per heavy atom. The number of amides is 1. The van der Waals surface area contributed by atoms with Crippen molar-refractivity contribution in [2.24, 2.45) is 0 Å². The average molecular weight is 344 g/mol. The zero-order valence-electron chi connectivity index (χ0n) is 13.2. The fourth-order valence-electron chi connectivity index (χ4n) is 3.31. The molecule has 2 aromatic carbocycles. The highest BCUT2D eigenvalue weighted by Gasteiger charge is 2.42. The van der Waals surface area contributed by atoms with E-state index in [2.05, 4.69) is 5.32 Å². The molecule has 5 heteroatoms. The lowest BCUT2D eigenvalue weighted by Crippen LogP contribution is -2.40. The first-order valence-corrected chi connectivity index (χ1v) is 8.61. The standard InChI is InChI=1S/C19H18ClNO3/c20-15-7-3-2-6-14(15)18(22)21-13-8-9-16-17(12-13)24-19(23-16)10-4-1-5-11-19/h2-3,6-9,12H,1,4-5,10-11H2,(H,21,22). The van der Waals surface area contributed by atoms with Gasteiger partial charge in [-0.05, 0) is 37.1 Å². The van der Waals surface area contributed by atoms with Crippen LogP contribution in [0.1, 0.15) is 42.5 Å². The van der Waals surface area contributed by atoms with Crippen molar-refractivity contribution in [3.63, 3.8) is 0 Å². The zero-order valence-corrected chi connectivity index (χ0v) is 13.9. The third kappa shape index (κ3) is 2.82. The average Bonchev–Trinajstić information content (AvgIpc) is 2.92. The molecular formula is C19H18ClNO3. The summed E-state index contributed by atoms with van der Waals surface area (Å²) >= 11 is 6.07. The van der Waals surface area contributed by atoms with E-state index in [0.29, 0.717) is 22.0 Å². The van der Waals surface area contributed by atoms with Crippen LogP contribution in [0.5, 0.6) is 11.5 Å². The Morgan fingerprint density at radius 2 is 1.75 bits per heavy atom. The number of anilines is 1. The van der Waals surface area contributed by atoms with E-state index in [1.165, 1.54) is 6.42 Å². The third-order valence-corrected chi connectivity index (χ3v) is 4.86. The summed E-state index contributed by atoms with van der Waals surface area (Å²) in [6, 6.07) is 12.5. The number of carbonyl (C=O) groups excluding carboxylic acids is 1. The van der Waals surface area contributed by atoms with E-state index in [0.717, 1.165) is 31.4 Å². The molecule has 0 saturated heterocycles. The Bertz CT molecular complexity index is 784.